The lowest BCUT2D eigenvalue weighted by Gasteiger charge is -2.40. The summed E-state index contributed by atoms with van der Waals surface area (Å²) < 4.78 is 10.6. The van der Waals surface area contributed by atoms with E-state index in [-0.39, 0.29) is 12.0 Å². The molecule has 1 aliphatic rings. The van der Waals surface area contributed by atoms with E-state index in [1.54, 1.807) is 24.2 Å². The van der Waals surface area contributed by atoms with Crippen LogP contribution in [-0.2, 0) is 9.53 Å². The highest BCUT2D eigenvalue weighted by Crippen LogP contribution is 2.38. The summed E-state index contributed by atoms with van der Waals surface area (Å²) in [5, 5.41) is 4.43. The molecule has 0 saturated heterocycles. The third-order valence-corrected chi connectivity index (χ3v) is 4.75. The zero-order valence-electron chi connectivity index (χ0n) is 12.9. The molecule has 1 N–H and O–H groups in total. The van der Waals surface area contributed by atoms with Crippen LogP contribution >= 0.6 is 11.8 Å². The number of carbonyl (C=O) groups excluding carboxylic acids is 1. The van der Waals surface area contributed by atoms with Gasteiger partial charge in [0.1, 0.15) is 11.8 Å². The van der Waals surface area contributed by atoms with Crippen LogP contribution in [0.4, 0.5) is 0 Å². The first-order valence-electron chi connectivity index (χ1n) is 7.57. The topological polar surface area (TPSA) is 64.4 Å². The molecule has 1 aromatic rings. The number of nitrogens with one attached hydrogen (secondary N) is 1. The van der Waals surface area contributed by atoms with Crippen molar-refractivity contribution in [3.8, 4) is 0 Å². The minimum atomic E-state index is -0.577. The SMILES string of the molecule is CCOC(=O)C1(NC(C)C)CCCC(Sc2ncco2)C1. The van der Waals surface area contributed by atoms with E-state index in [1.807, 2.05) is 6.92 Å². The highest BCUT2D eigenvalue weighted by atomic mass is 32.2. The largest absolute Gasteiger partial charge is 0.465 e. The molecule has 0 spiro atoms. The van der Waals surface area contributed by atoms with E-state index < -0.39 is 5.54 Å². The fourth-order valence-corrected chi connectivity index (χ4v) is 4.10. The average Bonchev–Trinajstić information content (AvgIpc) is 2.91. The molecule has 1 aliphatic carbocycles. The fraction of sp³-hybridized carbons (Fsp3) is 0.733. The summed E-state index contributed by atoms with van der Waals surface area (Å²) in [5.74, 6) is -0.128. The first-order chi connectivity index (χ1) is 10.1. The molecular formula is C15H24N2O3S. The molecule has 0 amide bonds. The zero-order valence-corrected chi connectivity index (χ0v) is 13.7. The molecule has 1 fully saturated rings. The fourth-order valence-electron chi connectivity index (χ4n) is 2.93. The van der Waals surface area contributed by atoms with Crippen molar-refractivity contribution < 1.29 is 13.9 Å². The molecule has 6 heteroatoms. The highest BCUT2D eigenvalue weighted by molar-refractivity contribution is 7.99. The van der Waals surface area contributed by atoms with Crippen LogP contribution in [0.1, 0.15) is 46.5 Å². The third-order valence-electron chi connectivity index (χ3n) is 3.61. The second kappa shape index (κ2) is 7.31. The third kappa shape index (κ3) is 4.23. The van der Waals surface area contributed by atoms with Crippen LogP contribution in [-0.4, -0.2) is 34.4 Å². The summed E-state index contributed by atoms with van der Waals surface area (Å²) in [6.45, 7) is 6.39. The second-order valence-electron chi connectivity index (χ2n) is 5.74. The van der Waals surface area contributed by atoms with E-state index in [9.17, 15) is 4.79 Å². The number of esters is 1. The van der Waals surface area contributed by atoms with Gasteiger partial charge in [-0.25, -0.2) is 4.98 Å². The van der Waals surface area contributed by atoms with Gasteiger partial charge in [-0.1, -0.05) is 11.8 Å². The summed E-state index contributed by atoms with van der Waals surface area (Å²) in [7, 11) is 0. The first-order valence-corrected chi connectivity index (χ1v) is 8.45. The molecular weight excluding hydrogens is 288 g/mol. The summed E-state index contributed by atoms with van der Waals surface area (Å²) in [5.41, 5.74) is -0.577. The lowest BCUT2D eigenvalue weighted by Crippen LogP contribution is -2.58. The molecule has 1 heterocycles. The van der Waals surface area contributed by atoms with Crippen LogP contribution in [0.3, 0.4) is 0 Å². The van der Waals surface area contributed by atoms with E-state index in [1.165, 1.54) is 0 Å². The molecule has 0 aliphatic heterocycles. The van der Waals surface area contributed by atoms with E-state index in [4.69, 9.17) is 9.15 Å². The predicted octanol–water partition coefficient (Wildman–Crippen LogP) is 3.01. The number of hydrogen-bond acceptors (Lipinski definition) is 6. The highest BCUT2D eigenvalue weighted by Gasteiger charge is 2.44. The summed E-state index contributed by atoms with van der Waals surface area (Å²) in [6, 6.07) is 0.236. The van der Waals surface area contributed by atoms with Gasteiger partial charge in [-0.2, -0.15) is 0 Å². The maximum Gasteiger partial charge on any atom is 0.326 e. The van der Waals surface area contributed by atoms with Gasteiger partial charge in [-0.15, -0.1) is 0 Å². The second-order valence-corrected chi connectivity index (χ2v) is 6.99. The Hall–Kier alpha value is -1.01. The van der Waals surface area contributed by atoms with Gasteiger partial charge >= 0.3 is 5.97 Å². The van der Waals surface area contributed by atoms with Crippen LogP contribution in [0.15, 0.2) is 22.1 Å². The number of ether oxygens (including phenoxy) is 1. The standard InChI is InChI=1S/C15H24N2O3S/c1-4-19-13(18)15(17-11(2)3)7-5-6-12(10-15)21-14-16-8-9-20-14/h8-9,11-12,17H,4-7,10H2,1-3H3. The van der Waals surface area contributed by atoms with E-state index in [2.05, 4.69) is 24.1 Å². The van der Waals surface area contributed by atoms with Crippen molar-refractivity contribution in [2.24, 2.45) is 0 Å². The van der Waals surface area contributed by atoms with Crippen molar-refractivity contribution in [3.05, 3.63) is 12.5 Å². The van der Waals surface area contributed by atoms with Crippen molar-refractivity contribution in [3.63, 3.8) is 0 Å². The van der Waals surface area contributed by atoms with E-state index in [0.717, 1.165) is 25.7 Å². The van der Waals surface area contributed by atoms with Crippen LogP contribution < -0.4 is 5.32 Å². The van der Waals surface area contributed by atoms with Gasteiger partial charge in [0.15, 0.2) is 0 Å². The number of rotatable bonds is 6. The molecule has 2 atom stereocenters. The van der Waals surface area contributed by atoms with Crippen LogP contribution in [0, 0.1) is 0 Å². The molecule has 2 rings (SSSR count). The maximum absolute atomic E-state index is 12.5. The Bertz CT molecular complexity index is 450. The Morgan fingerprint density at radius 1 is 1.67 bits per heavy atom. The molecule has 118 valence electrons. The number of carbonyl (C=O) groups is 1. The number of nitrogens with zero attached hydrogens (tertiary/aromatic N) is 1. The molecule has 0 radical (unpaired) electrons. The molecule has 0 aromatic carbocycles. The van der Waals surface area contributed by atoms with E-state index in [0.29, 0.717) is 17.1 Å². The number of oxazole rings is 1. The monoisotopic (exact) mass is 312 g/mol. The van der Waals surface area contributed by atoms with Crippen molar-refractivity contribution >= 4 is 17.7 Å². The minimum absolute atomic E-state index is 0.128. The number of hydrogen-bond donors (Lipinski definition) is 1. The molecule has 5 nitrogen and oxygen atoms in total. The van der Waals surface area contributed by atoms with Crippen LogP contribution in [0.25, 0.3) is 0 Å². The quantitative estimate of drug-likeness (QED) is 0.815. The van der Waals surface area contributed by atoms with Gasteiger partial charge in [0.25, 0.3) is 5.22 Å². The Balaban J connectivity index is 2.09. The number of aromatic nitrogens is 1. The normalized spacial score (nSPS) is 26.0. The maximum atomic E-state index is 12.5. The lowest BCUT2D eigenvalue weighted by molar-refractivity contribution is -0.153. The minimum Gasteiger partial charge on any atom is -0.465 e. The van der Waals surface area contributed by atoms with Crippen molar-refractivity contribution in [2.75, 3.05) is 6.61 Å². The molecule has 21 heavy (non-hydrogen) atoms. The van der Waals surface area contributed by atoms with Crippen molar-refractivity contribution in [1.82, 2.24) is 10.3 Å². The van der Waals surface area contributed by atoms with Gasteiger partial charge in [0.05, 0.1) is 12.8 Å². The van der Waals surface area contributed by atoms with Crippen LogP contribution in [0.2, 0.25) is 0 Å². The molecule has 1 saturated carbocycles. The molecule has 0 bridgehead atoms. The number of thioether (sulfide) groups is 1. The lowest BCUT2D eigenvalue weighted by atomic mass is 9.80. The van der Waals surface area contributed by atoms with Crippen LogP contribution in [0.5, 0.6) is 0 Å². The summed E-state index contributed by atoms with van der Waals surface area (Å²) in [4.78, 5) is 16.6. The van der Waals surface area contributed by atoms with Gasteiger partial charge in [-0.05, 0) is 46.5 Å². The van der Waals surface area contributed by atoms with Gasteiger partial charge in [-0.3, -0.25) is 10.1 Å². The molecule has 1 aromatic heterocycles. The first kappa shape index (κ1) is 16.4. The van der Waals surface area contributed by atoms with E-state index >= 15 is 0 Å². The summed E-state index contributed by atoms with van der Waals surface area (Å²) in [6.07, 6.45) is 6.86. The van der Waals surface area contributed by atoms with Gasteiger partial charge in [0, 0.05) is 11.3 Å². The van der Waals surface area contributed by atoms with Crippen molar-refractivity contribution in [1.29, 1.82) is 0 Å². The van der Waals surface area contributed by atoms with Gasteiger partial charge in [0.2, 0.25) is 0 Å². The Labute approximate surface area is 130 Å². The Morgan fingerprint density at radius 2 is 2.48 bits per heavy atom. The summed E-state index contributed by atoms with van der Waals surface area (Å²) >= 11 is 1.61. The molecule has 2 unspecified atom stereocenters. The zero-order chi connectivity index (χ0) is 15.3. The Morgan fingerprint density at radius 3 is 3.10 bits per heavy atom. The predicted molar refractivity (Wildman–Crippen MR) is 82.3 cm³/mol. The average molecular weight is 312 g/mol. The Kier molecular flexibility index (Phi) is 5.70. The van der Waals surface area contributed by atoms with Crippen molar-refractivity contribution in [2.45, 2.75) is 68.5 Å². The smallest absolute Gasteiger partial charge is 0.326 e. The van der Waals surface area contributed by atoms with Gasteiger partial charge < -0.3 is 9.15 Å².